The van der Waals surface area contributed by atoms with Crippen LogP contribution >= 0.6 is 0 Å². The Morgan fingerprint density at radius 3 is 2.79 bits per heavy atom. The molecule has 1 aromatic heterocycles. The lowest BCUT2D eigenvalue weighted by molar-refractivity contribution is 0.0981. The van der Waals surface area contributed by atoms with Gasteiger partial charge in [-0.15, -0.1) is 0 Å². The number of aromatic nitrogens is 2. The lowest BCUT2D eigenvalue weighted by atomic mass is 10.1. The van der Waals surface area contributed by atoms with Crippen molar-refractivity contribution < 1.29 is 4.79 Å². The van der Waals surface area contributed by atoms with E-state index >= 15 is 0 Å². The van der Waals surface area contributed by atoms with E-state index in [0.717, 1.165) is 17.8 Å². The van der Waals surface area contributed by atoms with E-state index in [9.17, 15) is 4.79 Å². The monoisotopic (exact) mass is 255 g/mol. The average molecular weight is 255 g/mol. The van der Waals surface area contributed by atoms with Gasteiger partial charge in [0.05, 0.1) is 11.3 Å². The summed E-state index contributed by atoms with van der Waals surface area (Å²) >= 11 is 0. The fourth-order valence-corrected chi connectivity index (χ4v) is 2.81. The first-order valence-corrected chi connectivity index (χ1v) is 6.49. The van der Waals surface area contributed by atoms with Gasteiger partial charge in [-0.1, -0.05) is 18.2 Å². The number of para-hydroxylation sites is 1. The molecule has 2 heterocycles. The van der Waals surface area contributed by atoms with Crippen molar-refractivity contribution in [1.29, 1.82) is 0 Å². The Morgan fingerprint density at radius 1 is 1.37 bits per heavy atom. The third kappa shape index (κ3) is 1.84. The van der Waals surface area contributed by atoms with E-state index in [0.29, 0.717) is 5.56 Å². The molecule has 1 aliphatic rings. The van der Waals surface area contributed by atoms with Crippen LogP contribution in [0.2, 0.25) is 0 Å². The molecule has 1 amide bonds. The van der Waals surface area contributed by atoms with Gasteiger partial charge in [0, 0.05) is 25.0 Å². The molecule has 3 rings (SSSR count). The summed E-state index contributed by atoms with van der Waals surface area (Å²) in [5, 5.41) is 4.25. The van der Waals surface area contributed by atoms with Crippen LogP contribution in [-0.4, -0.2) is 21.7 Å². The Labute approximate surface area is 112 Å². The predicted molar refractivity (Wildman–Crippen MR) is 74.4 cm³/mol. The first kappa shape index (κ1) is 12.0. The maximum atomic E-state index is 12.7. The number of aryl methyl sites for hydroxylation is 2. The molecule has 0 spiro atoms. The molecular formula is C15H17N3O. The number of benzene rings is 1. The van der Waals surface area contributed by atoms with E-state index in [2.05, 4.69) is 18.1 Å². The number of hydrogen-bond acceptors (Lipinski definition) is 2. The molecule has 0 bridgehead atoms. The minimum Gasteiger partial charge on any atom is -0.305 e. The summed E-state index contributed by atoms with van der Waals surface area (Å²) in [5.41, 5.74) is 3.74. The number of nitrogens with zero attached hydrogens (tertiary/aromatic N) is 3. The highest BCUT2D eigenvalue weighted by Crippen LogP contribution is 2.33. The fraction of sp³-hybridized carbons (Fsp3) is 0.333. The molecule has 2 aromatic rings. The fourth-order valence-electron chi connectivity index (χ4n) is 2.81. The molecule has 4 heteroatoms. The summed E-state index contributed by atoms with van der Waals surface area (Å²) in [6, 6.07) is 8.31. The van der Waals surface area contributed by atoms with Gasteiger partial charge in [0.15, 0.2) is 0 Å². The van der Waals surface area contributed by atoms with Crippen LogP contribution in [0.15, 0.2) is 30.5 Å². The van der Waals surface area contributed by atoms with Crippen molar-refractivity contribution >= 4 is 11.6 Å². The molecule has 19 heavy (non-hydrogen) atoms. The second-order valence-corrected chi connectivity index (χ2v) is 5.16. The first-order chi connectivity index (χ1) is 9.08. The van der Waals surface area contributed by atoms with Crippen LogP contribution in [0.25, 0.3) is 0 Å². The third-order valence-corrected chi connectivity index (χ3v) is 3.67. The third-order valence-electron chi connectivity index (χ3n) is 3.67. The van der Waals surface area contributed by atoms with Crippen molar-refractivity contribution in [3.05, 3.63) is 47.3 Å². The molecule has 0 fully saturated rings. The summed E-state index contributed by atoms with van der Waals surface area (Å²) in [7, 11) is 1.84. The summed E-state index contributed by atoms with van der Waals surface area (Å²) in [4.78, 5) is 14.6. The summed E-state index contributed by atoms with van der Waals surface area (Å²) in [6.45, 7) is 3.96. The molecule has 1 atom stereocenters. The maximum Gasteiger partial charge on any atom is 0.262 e. The molecular weight excluding hydrogens is 238 g/mol. The smallest absolute Gasteiger partial charge is 0.262 e. The molecule has 0 unspecified atom stereocenters. The number of amides is 1. The molecule has 0 saturated carbocycles. The summed E-state index contributed by atoms with van der Waals surface area (Å²) in [6.07, 6.45) is 2.71. The first-order valence-electron chi connectivity index (χ1n) is 6.49. The van der Waals surface area contributed by atoms with Crippen molar-refractivity contribution in [1.82, 2.24) is 9.78 Å². The summed E-state index contributed by atoms with van der Waals surface area (Å²) in [5.74, 6) is 0.0445. The second-order valence-electron chi connectivity index (χ2n) is 5.16. The number of hydrogen-bond donors (Lipinski definition) is 0. The minimum atomic E-state index is 0.0445. The Hall–Kier alpha value is -2.10. The van der Waals surface area contributed by atoms with Crippen LogP contribution in [0.1, 0.15) is 28.5 Å². The zero-order chi connectivity index (χ0) is 13.6. The Morgan fingerprint density at radius 2 is 2.11 bits per heavy atom. The van der Waals surface area contributed by atoms with Crippen LogP contribution in [-0.2, 0) is 13.5 Å². The van der Waals surface area contributed by atoms with Crippen LogP contribution in [0.4, 0.5) is 5.69 Å². The standard InChI is InChI=1S/C15H17N3O/c1-10-8-12-6-4-5-7-14(12)18(10)15(19)13-9-17(3)16-11(13)2/h4-7,9-10H,8H2,1-3H3/t10-/m0/s1. The number of rotatable bonds is 1. The number of carbonyl (C=O) groups is 1. The van der Waals surface area contributed by atoms with Crippen LogP contribution in [0.5, 0.6) is 0 Å². The van der Waals surface area contributed by atoms with Gasteiger partial charge in [0.1, 0.15) is 0 Å². The van der Waals surface area contributed by atoms with Gasteiger partial charge < -0.3 is 4.90 Å². The average Bonchev–Trinajstić information content (AvgIpc) is 2.87. The van der Waals surface area contributed by atoms with Gasteiger partial charge in [0.2, 0.25) is 0 Å². The van der Waals surface area contributed by atoms with E-state index < -0.39 is 0 Å². The van der Waals surface area contributed by atoms with Gasteiger partial charge in [0.25, 0.3) is 5.91 Å². The zero-order valence-corrected chi connectivity index (χ0v) is 11.4. The second kappa shape index (κ2) is 4.23. The molecule has 98 valence electrons. The van der Waals surface area contributed by atoms with E-state index in [1.807, 2.05) is 37.1 Å². The van der Waals surface area contributed by atoms with Crippen LogP contribution in [0.3, 0.4) is 0 Å². The molecule has 0 N–H and O–H groups in total. The zero-order valence-electron chi connectivity index (χ0n) is 11.4. The van der Waals surface area contributed by atoms with Crippen molar-refractivity contribution in [3.8, 4) is 0 Å². The highest BCUT2D eigenvalue weighted by molar-refractivity contribution is 6.08. The Bertz CT molecular complexity index is 645. The van der Waals surface area contributed by atoms with Gasteiger partial charge in [-0.25, -0.2) is 0 Å². The highest BCUT2D eigenvalue weighted by atomic mass is 16.2. The lowest BCUT2D eigenvalue weighted by Crippen LogP contribution is -2.35. The normalized spacial score (nSPS) is 17.6. The molecule has 0 aliphatic carbocycles. The maximum absolute atomic E-state index is 12.7. The number of carbonyl (C=O) groups excluding carboxylic acids is 1. The topological polar surface area (TPSA) is 38.1 Å². The van der Waals surface area contributed by atoms with E-state index in [-0.39, 0.29) is 11.9 Å². The number of fused-ring (bicyclic) bond motifs is 1. The Balaban J connectivity index is 2.03. The van der Waals surface area contributed by atoms with Crippen molar-refractivity contribution in [2.75, 3.05) is 4.90 Å². The van der Waals surface area contributed by atoms with E-state index in [1.54, 1.807) is 10.9 Å². The van der Waals surface area contributed by atoms with Gasteiger partial charge in [-0.2, -0.15) is 5.10 Å². The number of anilines is 1. The predicted octanol–water partition coefficient (Wildman–Crippen LogP) is 2.32. The molecule has 0 saturated heterocycles. The SMILES string of the molecule is Cc1nn(C)cc1C(=O)N1c2ccccc2C[C@@H]1C. The van der Waals surface area contributed by atoms with Crippen molar-refractivity contribution in [3.63, 3.8) is 0 Å². The van der Waals surface area contributed by atoms with Crippen LogP contribution < -0.4 is 4.90 Å². The molecule has 4 nitrogen and oxygen atoms in total. The van der Waals surface area contributed by atoms with Crippen LogP contribution in [0, 0.1) is 6.92 Å². The van der Waals surface area contributed by atoms with Crippen molar-refractivity contribution in [2.45, 2.75) is 26.3 Å². The van der Waals surface area contributed by atoms with Gasteiger partial charge >= 0.3 is 0 Å². The van der Waals surface area contributed by atoms with Crippen molar-refractivity contribution in [2.24, 2.45) is 7.05 Å². The summed E-state index contributed by atoms with van der Waals surface area (Å²) < 4.78 is 1.69. The Kier molecular flexibility index (Phi) is 2.66. The molecule has 1 aromatic carbocycles. The quantitative estimate of drug-likeness (QED) is 0.784. The largest absolute Gasteiger partial charge is 0.305 e. The molecule has 1 aliphatic heterocycles. The minimum absolute atomic E-state index is 0.0445. The molecule has 0 radical (unpaired) electrons. The van der Waals surface area contributed by atoms with E-state index in [4.69, 9.17) is 0 Å². The van der Waals surface area contributed by atoms with Gasteiger partial charge in [-0.05, 0) is 31.9 Å². The van der Waals surface area contributed by atoms with Gasteiger partial charge in [-0.3, -0.25) is 9.48 Å². The lowest BCUT2D eigenvalue weighted by Gasteiger charge is -2.22. The van der Waals surface area contributed by atoms with E-state index in [1.165, 1.54) is 5.56 Å². The highest BCUT2D eigenvalue weighted by Gasteiger charge is 2.32.